The summed E-state index contributed by atoms with van der Waals surface area (Å²) >= 11 is 0. The molecule has 0 aliphatic rings. The van der Waals surface area contributed by atoms with E-state index in [1.807, 2.05) is 0 Å². The predicted octanol–water partition coefficient (Wildman–Crippen LogP) is 21.2. The molecular weight excluding hydrogens is 861 g/mol. The van der Waals surface area contributed by atoms with Crippen LogP contribution in [0, 0.1) is 0 Å². The smallest absolute Gasteiger partial charge is 0.306 e. The minimum atomic E-state index is -0.772. The molecule has 0 bridgehead atoms. The van der Waals surface area contributed by atoms with Crippen LogP contribution in [0.4, 0.5) is 0 Å². The number of hydrogen-bond donors (Lipinski definition) is 1. The normalized spacial score (nSPS) is 12.4. The molecule has 0 aromatic heterocycles. The number of carbonyl (C=O) groups excluding carboxylic acids is 2. The zero-order chi connectivity index (χ0) is 50.6. The van der Waals surface area contributed by atoms with Crippen LogP contribution in [0.5, 0.6) is 0 Å². The molecule has 1 unspecified atom stereocenters. The first-order valence-electron chi connectivity index (χ1n) is 31.2. The van der Waals surface area contributed by atoms with E-state index in [4.69, 9.17) is 9.47 Å². The maximum atomic E-state index is 12.3. The van der Waals surface area contributed by atoms with Crippen molar-refractivity contribution in [2.75, 3.05) is 13.2 Å². The predicted molar refractivity (Wildman–Crippen MR) is 307 cm³/mol. The highest BCUT2D eigenvalue weighted by atomic mass is 16.6. The number of ether oxygens (including phenoxy) is 2. The van der Waals surface area contributed by atoms with E-state index >= 15 is 0 Å². The van der Waals surface area contributed by atoms with E-state index in [2.05, 4.69) is 62.5 Å². The molecule has 0 aromatic carbocycles. The van der Waals surface area contributed by atoms with E-state index in [1.165, 1.54) is 257 Å². The maximum Gasteiger partial charge on any atom is 0.306 e. The summed E-state index contributed by atoms with van der Waals surface area (Å²) in [6.07, 6.45) is 81.1. The van der Waals surface area contributed by atoms with Gasteiger partial charge in [-0.1, -0.05) is 294 Å². The Morgan fingerprint density at radius 2 is 0.571 bits per heavy atom. The zero-order valence-electron chi connectivity index (χ0n) is 47.0. The Balaban J connectivity index is 3.43. The number of esters is 2. The summed E-state index contributed by atoms with van der Waals surface area (Å²) in [5.74, 6) is -0.574. The Morgan fingerprint density at radius 1 is 0.329 bits per heavy atom. The fraction of sp³-hybridized carbons (Fsp3) is 0.846. The summed E-state index contributed by atoms with van der Waals surface area (Å²) in [6.45, 7) is 4.16. The quantitative estimate of drug-likeness (QED) is 0.0373. The largest absolute Gasteiger partial charge is 0.462 e. The molecule has 0 radical (unpaired) electrons. The van der Waals surface area contributed by atoms with Crippen LogP contribution in [0.3, 0.4) is 0 Å². The lowest BCUT2D eigenvalue weighted by Crippen LogP contribution is -2.28. The van der Waals surface area contributed by atoms with Gasteiger partial charge in [-0.05, 0) is 77.0 Å². The van der Waals surface area contributed by atoms with Gasteiger partial charge in [0.2, 0.25) is 0 Å². The fourth-order valence-electron chi connectivity index (χ4n) is 9.38. The van der Waals surface area contributed by atoms with Gasteiger partial charge in [0.05, 0.1) is 6.61 Å². The van der Waals surface area contributed by atoms with Crippen molar-refractivity contribution in [1.29, 1.82) is 0 Å². The summed E-state index contributed by atoms with van der Waals surface area (Å²) in [5.41, 5.74) is 0. The van der Waals surface area contributed by atoms with Crippen molar-refractivity contribution in [3.8, 4) is 0 Å². The van der Waals surface area contributed by atoms with E-state index in [0.29, 0.717) is 12.8 Å². The summed E-state index contributed by atoms with van der Waals surface area (Å²) in [7, 11) is 0. The van der Waals surface area contributed by atoms with Crippen LogP contribution >= 0.6 is 0 Å². The highest BCUT2D eigenvalue weighted by Crippen LogP contribution is 2.17. The Bertz CT molecular complexity index is 1150. The number of aliphatic hydroxyl groups excluding tert-OH is 1. The average Bonchev–Trinajstić information content (AvgIpc) is 3.36. The molecule has 0 aliphatic carbocycles. The number of allylic oxidation sites excluding steroid dienone is 8. The molecule has 0 saturated heterocycles. The number of carbonyl (C=O) groups is 2. The molecule has 0 amide bonds. The van der Waals surface area contributed by atoms with Crippen molar-refractivity contribution in [3.05, 3.63) is 48.6 Å². The second-order valence-corrected chi connectivity index (χ2v) is 21.1. The standard InChI is InChI=1S/C65H120O5/c1-3-5-7-9-11-13-15-17-19-21-23-25-27-29-30-31-32-33-34-36-38-40-42-44-46-48-50-52-54-56-58-60-65(68)70-63(61-66)62-69-64(67)59-57-55-53-51-49-47-45-43-41-39-37-35-28-26-24-22-20-18-16-14-12-10-8-6-4-2/h15-18,21-24,63,66H,3-14,19-20,25-62H2,1-2H3/b17-15-,18-16-,23-21-,24-22-. The molecule has 0 fully saturated rings. The van der Waals surface area contributed by atoms with Crippen molar-refractivity contribution in [1.82, 2.24) is 0 Å². The lowest BCUT2D eigenvalue weighted by atomic mass is 10.0. The van der Waals surface area contributed by atoms with Crippen molar-refractivity contribution in [3.63, 3.8) is 0 Å². The Hall–Kier alpha value is -2.14. The van der Waals surface area contributed by atoms with E-state index < -0.39 is 6.10 Å². The fourth-order valence-corrected chi connectivity index (χ4v) is 9.38. The minimum Gasteiger partial charge on any atom is -0.462 e. The Morgan fingerprint density at radius 3 is 0.843 bits per heavy atom. The second-order valence-electron chi connectivity index (χ2n) is 21.1. The van der Waals surface area contributed by atoms with Gasteiger partial charge in [0, 0.05) is 12.8 Å². The van der Waals surface area contributed by atoms with Crippen LogP contribution in [0.15, 0.2) is 48.6 Å². The van der Waals surface area contributed by atoms with Crippen molar-refractivity contribution >= 4 is 11.9 Å². The first kappa shape index (κ1) is 67.9. The highest BCUT2D eigenvalue weighted by molar-refractivity contribution is 5.70. The van der Waals surface area contributed by atoms with Gasteiger partial charge < -0.3 is 14.6 Å². The Labute approximate surface area is 437 Å². The van der Waals surface area contributed by atoms with E-state index in [0.717, 1.165) is 51.4 Å². The number of hydrogen-bond acceptors (Lipinski definition) is 5. The van der Waals surface area contributed by atoms with Crippen LogP contribution in [0.1, 0.15) is 335 Å². The molecular formula is C65H120O5. The third-order valence-electron chi connectivity index (χ3n) is 14.1. The van der Waals surface area contributed by atoms with Gasteiger partial charge in [-0.25, -0.2) is 0 Å². The first-order chi connectivity index (χ1) is 34.6. The van der Waals surface area contributed by atoms with Gasteiger partial charge in [0.25, 0.3) is 0 Å². The van der Waals surface area contributed by atoms with Gasteiger partial charge in [0.1, 0.15) is 6.61 Å². The minimum absolute atomic E-state index is 0.0626. The summed E-state index contributed by atoms with van der Waals surface area (Å²) in [6, 6.07) is 0. The topological polar surface area (TPSA) is 72.8 Å². The van der Waals surface area contributed by atoms with E-state index in [9.17, 15) is 14.7 Å². The molecule has 410 valence electrons. The van der Waals surface area contributed by atoms with Gasteiger partial charge in [-0.3, -0.25) is 9.59 Å². The van der Waals surface area contributed by atoms with Crippen LogP contribution in [-0.2, 0) is 19.1 Å². The average molecular weight is 982 g/mol. The summed E-state index contributed by atoms with van der Waals surface area (Å²) < 4.78 is 10.7. The molecule has 1 N–H and O–H groups in total. The lowest BCUT2D eigenvalue weighted by Gasteiger charge is -2.15. The van der Waals surface area contributed by atoms with Crippen molar-refractivity contribution in [2.24, 2.45) is 0 Å². The van der Waals surface area contributed by atoms with E-state index in [1.54, 1.807) is 0 Å². The molecule has 70 heavy (non-hydrogen) atoms. The number of aliphatic hydroxyl groups is 1. The van der Waals surface area contributed by atoms with Crippen molar-refractivity contribution < 1.29 is 24.2 Å². The Kier molecular flexibility index (Phi) is 59.3. The molecule has 5 heteroatoms. The zero-order valence-corrected chi connectivity index (χ0v) is 47.0. The number of unbranched alkanes of at least 4 members (excludes halogenated alkanes) is 42. The van der Waals surface area contributed by atoms with Gasteiger partial charge >= 0.3 is 11.9 Å². The van der Waals surface area contributed by atoms with Crippen LogP contribution < -0.4 is 0 Å². The summed E-state index contributed by atoms with van der Waals surface area (Å²) in [4.78, 5) is 24.6. The third kappa shape index (κ3) is 58.4. The molecule has 0 rings (SSSR count). The molecule has 0 heterocycles. The van der Waals surface area contributed by atoms with Gasteiger partial charge in [0.15, 0.2) is 6.10 Å². The lowest BCUT2D eigenvalue weighted by molar-refractivity contribution is -0.161. The van der Waals surface area contributed by atoms with Crippen LogP contribution in [0.2, 0.25) is 0 Å². The molecule has 0 spiro atoms. The molecule has 0 aromatic rings. The molecule has 1 atom stereocenters. The second kappa shape index (κ2) is 61.2. The van der Waals surface area contributed by atoms with Crippen LogP contribution in [0.25, 0.3) is 0 Å². The molecule has 5 nitrogen and oxygen atoms in total. The monoisotopic (exact) mass is 981 g/mol. The number of rotatable bonds is 58. The third-order valence-corrected chi connectivity index (χ3v) is 14.1. The first-order valence-corrected chi connectivity index (χ1v) is 31.2. The molecule has 0 saturated carbocycles. The SMILES string of the molecule is CCCCCCC/C=C\C/C=C\CCCCCCCCCCCCCCCCCCCCCC(=O)OC(CO)COC(=O)CCCCCCCCCCCCCCC/C=C\C/C=C\CCCCCCC. The molecule has 0 aliphatic heterocycles. The van der Waals surface area contributed by atoms with Gasteiger partial charge in [-0.15, -0.1) is 0 Å². The highest BCUT2D eigenvalue weighted by Gasteiger charge is 2.16. The van der Waals surface area contributed by atoms with E-state index in [-0.39, 0.29) is 25.2 Å². The maximum absolute atomic E-state index is 12.3. The van der Waals surface area contributed by atoms with Crippen LogP contribution in [-0.4, -0.2) is 36.4 Å². The summed E-state index contributed by atoms with van der Waals surface area (Å²) in [5, 5.41) is 9.68. The van der Waals surface area contributed by atoms with Crippen molar-refractivity contribution in [2.45, 2.75) is 341 Å². The van der Waals surface area contributed by atoms with Gasteiger partial charge in [-0.2, -0.15) is 0 Å².